The molecular weight excluding hydrogens is 397 g/mol. The Bertz CT molecular complexity index is 1050. The van der Waals surface area contributed by atoms with E-state index in [9.17, 15) is 13.2 Å². The van der Waals surface area contributed by atoms with Crippen LogP contribution in [0.3, 0.4) is 0 Å². The first kappa shape index (κ1) is 18.4. The lowest BCUT2D eigenvalue weighted by Gasteiger charge is -2.07. The summed E-state index contributed by atoms with van der Waals surface area (Å²) in [6.07, 6.45) is 2.93. The molecule has 26 heavy (non-hydrogen) atoms. The van der Waals surface area contributed by atoms with Crippen molar-refractivity contribution in [2.75, 3.05) is 0 Å². The highest BCUT2D eigenvalue weighted by molar-refractivity contribution is 7.90. The molecule has 0 unspecified atom stereocenters. The van der Waals surface area contributed by atoms with Gasteiger partial charge in [-0.3, -0.25) is 4.79 Å². The lowest BCUT2D eigenvalue weighted by molar-refractivity contribution is 0.0977. The number of hydrogen-bond donors (Lipinski definition) is 1. The Kier molecular flexibility index (Phi) is 5.31. The predicted molar refractivity (Wildman–Crippen MR) is 98.9 cm³/mol. The molecule has 2 aromatic carbocycles. The molecule has 0 spiro atoms. The number of nitrogens with one attached hydrogen (secondary N) is 1. The van der Waals surface area contributed by atoms with Gasteiger partial charge in [0, 0.05) is 17.8 Å². The van der Waals surface area contributed by atoms with Crippen LogP contribution < -0.4 is 4.72 Å². The number of sulfonamides is 1. The molecule has 1 aromatic heterocycles. The van der Waals surface area contributed by atoms with Crippen LogP contribution in [0.5, 0.6) is 0 Å². The van der Waals surface area contributed by atoms with Gasteiger partial charge in [0.2, 0.25) is 0 Å². The third kappa shape index (κ3) is 4.24. The minimum atomic E-state index is -4.18. The molecule has 0 fully saturated rings. The fraction of sp³-hybridized carbons (Fsp3) is 0.0588. The van der Waals surface area contributed by atoms with Gasteiger partial charge in [-0.2, -0.15) is 0 Å². The van der Waals surface area contributed by atoms with E-state index in [0.717, 1.165) is 5.56 Å². The van der Waals surface area contributed by atoms with Crippen LogP contribution in [-0.4, -0.2) is 23.9 Å². The summed E-state index contributed by atoms with van der Waals surface area (Å²) in [7, 11) is -4.18. The Hall–Kier alpha value is -2.35. The standard InChI is InChI=1S/C17H13Cl2N3O3S/c18-13-6-7-14(19)16(8-13)26(24,25)21-17(23)15-10-22(11-20-15)9-12-4-2-1-3-5-12/h1-8,10-11H,9H2,(H,21,23). The van der Waals surface area contributed by atoms with Crippen molar-refractivity contribution in [1.29, 1.82) is 0 Å². The molecule has 1 amide bonds. The van der Waals surface area contributed by atoms with Gasteiger partial charge in [-0.15, -0.1) is 0 Å². The summed E-state index contributed by atoms with van der Waals surface area (Å²) in [5, 5.41) is 0.152. The number of aromatic nitrogens is 2. The van der Waals surface area contributed by atoms with Crippen LogP contribution in [0, 0.1) is 0 Å². The predicted octanol–water partition coefficient (Wildman–Crippen LogP) is 3.36. The molecule has 9 heteroatoms. The van der Waals surface area contributed by atoms with Crippen LogP contribution in [0.15, 0.2) is 66.0 Å². The van der Waals surface area contributed by atoms with E-state index in [4.69, 9.17) is 23.2 Å². The molecule has 0 bridgehead atoms. The van der Waals surface area contributed by atoms with Gasteiger partial charge in [-0.05, 0) is 23.8 Å². The summed E-state index contributed by atoms with van der Waals surface area (Å²) in [6, 6.07) is 13.6. The number of carbonyl (C=O) groups excluding carboxylic acids is 1. The number of rotatable bonds is 5. The van der Waals surface area contributed by atoms with E-state index in [0.29, 0.717) is 6.54 Å². The highest BCUT2D eigenvalue weighted by Gasteiger charge is 2.23. The minimum absolute atomic E-state index is 0.0253. The second kappa shape index (κ2) is 7.49. The molecule has 0 saturated heterocycles. The highest BCUT2D eigenvalue weighted by Crippen LogP contribution is 2.24. The summed E-state index contributed by atoms with van der Waals surface area (Å²) < 4.78 is 28.4. The second-order valence-electron chi connectivity index (χ2n) is 5.43. The summed E-state index contributed by atoms with van der Waals surface area (Å²) in [4.78, 5) is 15.9. The van der Waals surface area contributed by atoms with Crippen LogP contribution in [-0.2, 0) is 16.6 Å². The minimum Gasteiger partial charge on any atom is -0.332 e. The van der Waals surface area contributed by atoms with Crippen molar-refractivity contribution in [2.45, 2.75) is 11.4 Å². The Labute approximate surface area is 160 Å². The van der Waals surface area contributed by atoms with Gasteiger partial charge in [-0.1, -0.05) is 53.5 Å². The fourth-order valence-electron chi connectivity index (χ4n) is 2.27. The van der Waals surface area contributed by atoms with Crippen molar-refractivity contribution in [3.8, 4) is 0 Å². The van der Waals surface area contributed by atoms with Crippen LogP contribution in [0.25, 0.3) is 0 Å². The van der Waals surface area contributed by atoms with E-state index < -0.39 is 15.9 Å². The first-order chi connectivity index (χ1) is 12.3. The summed E-state index contributed by atoms with van der Waals surface area (Å²) in [5.41, 5.74) is 0.998. The molecule has 0 saturated carbocycles. The maximum Gasteiger partial charge on any atom is 0.285 e. The zero-order chi connectivity index (χ0) is 18.7. The number of nitrogens with zero attached hydrogens (tertiary/aromatic N) is 2. The van der Waals surface area contributed by atoms with Gasteiger partial charge in [-0.25, -0.2) is 18.1 Å². The number of hydrogen-bond acceptors (Lipinski definition) is 4. The van der Waals surface area contributed by atoms with Crippen molar-refractivity contribution in [1.82, 2.24) is 14.3 Å². The Balaban J connectivity index is 1.77. The van der Waals surface area contributed by atoms with Crippen molar-refractivity contribution < 1.29 is 13.2 Å². The van der Waals surface area contributed by atoms with Crippen LogP contribution in [0.4, 0.5) is 0 Å². The lowest BCUT2D eigenvalue weighted by atomic mass is 10.2. The monoisotopic (exact) mass is 409 g/mol. The Morgan fingerprint density at radius 3 is 2.58 bits per heavy atom. The smallest absolute Gasteiger partial charge is 0.285 e. The quantitative estimate of drug-likeness (QED) is 0.700. The number of amides is 1. The van der Waals surface area contributed by atoms with Gasteiger partial charge >= 0.3 is 0 Å². The molecule has 0 radical (unpaired) electrons. The molecule has 6 nitrogen and oxygen atoms in total. The highest BCUT2D eigenvalue weighted by atomic mass is 35.5. The number of carbonyl (C=O) groups is 1. The van der Waals surface area contributed by atoms with E-state index in [-0.39, 0.29) is 20.6 Å². The van der Waals surface area contributed by atoms with E-state index in [1.807, 2.05) is 35.1 Å². The molecule has 3 aromatic rings. The third-order valence-corrected chi connectivity index (χ3v) is 5.53. The van der Waals surface area contributed by atoms with E-state index in [2.05, 4.69) is 4.98 Å². The molecule has 0 aliphatic rings. The Morgan fingerprint density at radius 2 is 1.85 bits per heavy atom. The normalized spacial score (nSPS) is 11.3. The molecule has 134 valence electrons. The van der Waals surface area contributed by atoms with Crippen molar-refractivity contribution >= 4 is 39.1 Å². The summed E-state index contributed by atoms with van der Waals surface area (Å²) >= 11 is 11.7. The van der Waals surface area contributed by atoms with Crippen LogP contribution >= 0.6 is 23.2 Å². The number of benzene rings is 2. The largest absolute Gasteiger partial charge is 0.332 e. The maximum atomic E-state index is 12.4. The zero-order valence-electron chi connectivity index (χ0n) is 13.3. The lowest BCUT2D eigenvalue weighted by Crippen LogP contribution is -2.31. The van der Waals surface area contributed by atoms with E-state index >= 15 is 0 Å². The van der Waals surface area contributed by atoms with Crippen LogP contribution in [0.2, 0.25) is 10.0 Å². The van der Waals surface area contributed by atoms with E-state index in [1.165, 1.54) is 30.7 Å². The first-order valence-corrected chi connectivity index (χ1v) is 9.67. The SMILES string of the molecule is O=C(NS(=O)(=O)c1cc(Cl)ccc1Cl)c1cn(Cc2ccccc2)cn1. The third-order valence-electron chi connectivity index (χ3n) is 3.48. The average Bonchev–Trinajstić information content (AvgIpc) is 3.06. The molecule has 1 heterocycles. The fourth-order valence-corrected chi connectivity index (χ4v) is 4.00. The first-order valence-electron chi connectivity index (χ1n) is 7.43. The maximum absolute atomic E-state index is 12.4. The van der Waals surface area contributed by atoms with Crippen molar-refractivity contribution in [3.05, 3.63) is 82.4 Å². The number of halogens is 2. The molecule has 0 atom stereocenters. The van der Waals surface area contributed by atoms with Gasteiger partial charge in [0.05, 0.1) is 11.3 Å². The topological polar surface area (TPSA) is 81.1 Å². The second-order valence-corrected chi connectivity index (χ2v) is 7.92. The van der Waals surface area contributed by atoms with Crippen molar-refractivity contribution in [2.24, 2.45) is 0 Å². The van der Waals surface area contributed by atoms with Gasteiger partial charge in [0.1, 0.15) is 10.6 Å². The van der Waals surface area contributed by atoms with Crippen molar-refractivity contribution in [3.63, 3.8) is 0 Å². The molecule has 0 aliphatic heterocycles. The van der Waals surface area contributed by atoms with Crippen LogP contribution in [0.1, 0.15) is 16.1 Å². The molecular formula is C17H13Cl2N3O3S. The molecule has 3 rings (SSSR count). The average molecular weight is 410 g/mol. The van der Waals surface area contributed by atoms with Gasteiger partial charge < -0.3 is 4.57 Å². The van der Waals surface area contributed by atoms with E-state index in [1.54, 1.807) is 4.57 Å². The van der Waals surface area contributed by atoms with Gasteiger partial charge in [0.15, 0.2) is 0 Å². The summed E-state index contributed by atoms with van der Waals surface area (Å²) in [6.45, 7) is 0.508. The Morgan fingerprint density at radius 1 is 1.12 bits per heavy atom. The van der Waals surface area contributed by atoms with Gasteiger partial charge in [0.25, 0.3) is 15.9 Å². The molecule has 0 aliphatic carbocycles. The zero-order valence-corrected chi connectivity index (χ0v) is 15.6. The number of imidazole rings is 1. The molecule has 1 N–H and O–H groups in total. The summed E-state index contributed by atoms with van der Waals surface area (Å²) in [5.74, 6) is -0.854.